The third-order valence-corrected chi connectivity index (χ3v) is 15.9. The fourth-order valence-corrected chi connectivity index (χ4v) is 13.1. The van der Waals surface area contributed by atoms with E-state index in [0.29, 0.717) is 55.4 Å². The number of aldehydes is 1. The maximum atomic E-state index is 14.2. The van der Waals surface area contributed by atoms with Crippen LogP contribution in [0.5, 0.6) is 0 Å². The van der Waals surface area contributed by atoms with Gasteiger partial charge in [-0.2, -0.15) is 0 Å². The molecule has 4 fully saturated rings. The molecule has 0 aliphatic heterocycles. The molecule has 0 bridgehead atoms. The number of allylic oxidation sites excluding steroid dienone is 3. The number of aromatic nitrogens is 3. The van der Waals surface area contributed by atoms with Gasteiger partial charge >= 0.3 is 5.97 Å². The zero-order valence-corrected chi connectivity index (χ0v) is 41.6. The smallest absolute Gasteiger partial charge is 0.307 e. The highest BCUT2D eigenvalue weighted by Crippen LogP contribution is 2.72. The molecule has 65 heavy (non-hydrogen) atoms. The molecule has 4 N–H and O–H groups in total. The second-order valence-corrected chi connectivity index (χ2v) is 20.5. The number of fused-ring (bicyclic) bond motifs is 7. The van der Waals surface area contributed by atoms with Crippen molar-refractivity contribution in [2.75, 3.05) is 13.7 Å². The number of hydrogen-bond acceptors (Lipinski definition) is 9. The SMILES string of the molecule is C.C#C.C=C(O)CC.CC.CO.Cc1ccc(-c2nnc(CC34CCC5C(CCC6C5(C)CCC5C(C)C(OC(=O)CC(C)(C)C=O)CCC56C)C3=C(C(C)C)C(=O)C4)n2CCN)cc1. The van der Waals surface area contributed by atoms with Crippen molar-refractivity contribution in [3.05, 3.63) is 59.1 Å². The second kappa shape index (κ2) is 24.1. The molecule has 0 saturated heterocycles. The Balaban J connectivity index is 0.00000111. The summed E-state index contributed by atoms with van der Waals surface area (Å²) in [6.45, 7) is 27.8. The quantitative estimate of drug-likeness (QED) is 0.0864. The lowest BCUT2D eigenvalue weighted by molar-refractivity contribution is -0.191. The Kier molecular flexibility index (Phi) is 21.2. The average Bonchev–Trinajstić information content (AvgIpc) is 3.81. The molecular weight excluding hydrogens is 813 g/mol. The van der Waals surface area contributed by atoms with Crippen LogP contribution in [-0.4, -0.2) is 62.8 Å². The standard InChI is InChI=1S/C45H64N4O4.C4H8O.C2H6.C2H2.CH4O.CH4/c1-27(2)39-34(51)23-45(24-37-47-48-41(49(37)22-21-46)30-11-9-28(3)10-12-30)20-16-33-31(40(39)45)13-14-36-43(7)19-17-35(53-38(52)25-42(5,6)26-50)29(4)32(43)15-18-44(33,36)8;1-3-4(2)5;3*1-2;/h9-12,26-27,29,31-33,35-36H,13-25,46H2,1-8H3;5H,2-3H2,1H3;1-2H3;1-2H;2H,1H3;1H4. The molecule has 9 unspecified atom stereocenters. The first-order valence-electron chi connectivity index (χ1n) is 24.1. The summed E-state index contributed by atoms with van der Waals surface area (Å²) in [5.41, 5.74) is 10.5. The first-order valence-corrected chi connectivity index (χ1v) is 24.1. The minimum Gasteiger partial charge on any atom is -0.513 e. The molecule has 0 spiro atoms. The summed E-state index contributed by atoms with van der Waals surface area (Å²) in [6.07, 6.45) is 19.6. The third kappa shape index (κ3) is 11.7. The summed E-state index contributed by atoms with van der Waals surface area (Å²) in [7, 11) is 1.00. The molecule has 1 heterocycles. The van der Waals surface area contributed by atoms with Gasteiger partial charge in [0.1, 0.15) is 18.2 Å². The Morgan fingerprint density at radius 3 is 2.14 bits per heavy atom. The Morgan fingerprint density at radius 1 is 1.02 bits per heavy atom. The van der Waals surface area contributed by atoms with Crippen LogP contribution in [0.3, 0.4) is 0 Å². The van der Waals surface area contributed by atoms with Gasteiger partial charge < -0.3 is 30.0 Å². The molecule has 1 aromatic carbocycles. The molecule has 0 radical (unpaired) electrons. The Morgan fingerprint density at radius 2 is 1.58 bits per heavy atom. The highest BCUT2D eigenvalue weighted by atomic mass is 16.5. The van der Waals surface area contributed by atoms with Gasteiger partial charge in [-0.25, -0.2) is 0 Å². The van der Waals surface area contributed by atoms with Crippen LogP contribution in [0, 0.1) is 76.9 Å². The summed E-state index contributed by atoms with van der Waals surface area (Å²) in [6, 6.07) is 8.47. The van der Waals surface area contributed by atoms with Crippen molar-refractivity contribution in [3.63, 3.8) is 0 Å². The largest absolute Gasteiger partial charge is 0.513 e. The van der Waals surface area contributed by atoms with Crippen molar-refractivity contribution in [1.29, 1.82) is 0 Å². The number of benzene rings is 1. The summed E-state index contributed by atoms with van der Waals surface area (Å²) < 4.78 is 8.36. The topological polar surface area (TPSA) is 158 Å². The number of carbonyl (C=O) groups excluding carboxylic acids is 3. The van der Waals surface area contributed by atoms with Crippen LogP contribution in [0.2, 0.25) is 0 Å². The monoisotopic (exact) mass is 901 g/mol. The lowest BCUT2D eigenvalue weighted by Crippen LogP contribution is -2.60. The highest BCUT2D eigenvalue weighted by Gasteiger charge is 2.65. The second-order valence-electron chi connectivity index (χ2n) is 20.5. The molecule has 5 aliphatic carbocycles. The molecular formula is C55H88N4O6. The summed E-state index contributed by atoms with van der Waals surface area (Å²) in [4.78, 5) is 38.6. The van der Waals surface area contributed by atoms with Gasteiger partial charge in [0.2, 0.25) is 0 Å². The zero-order valence-electron chi connectivity index (χ0n) is 41.6. The molecule has 7 rings (SSSR count). The average molecular weight is 901 g/mol. The van der Waals surface area contributed by atoms with Gasteiger partial charge in [-0.1, -0.05) is 119 Å². The van der Waals surface area contributed by atoms with Crippen molar-refractivity contribution in [2.24, 2.45) is 62.9 Å². The van der Waals surface area contributed by atoms with E-state index < -0.39 is 5.41 Å². The van der Waals surface area contributed by atoms with Crippen LogP contribution in [0.25, 0.3) is 11.4 Å². The van der Waals surface area contributed by atoms with Gasteiger partial charge in [-0.3, -0.25) is 9.59 Å². The number of carbonyl (C=O) groups is 3. The summed E-state index contributed by atoms with van der Waals surface area (Å²) in [5, 5.41) is 24.7. The van der Waals surface area contributed by atoms with E-state index in [1.54, 1.807) is 13.8 Å². The van der Waals surface area contributed by atoms with Crippen molar-refractivity contribution in [3.8, 4) is 24.2 Å². The molecule has 364 valence electrons. The minimum atomic E-state index is -0.701. The Labute approximate surface area is 394 Å². The Bertz CT molecular complexity index is 1940. The molecule has 0 amide bonds. The molecule has 9 atom stereocenters. The van der Waals surface area contributed by atoms with Crippen LogP contribution in [-0.2, 0) is 32.1 Å². The van der Waals surface area contributed by atoms with Gasteiger partial charge in [0.05, 0.1) is 12.2 Å². The van der Waals surface area contributed by atoms with Crippen LogP contribution in [0.15, 0.2) is 47.7 Å². The zero-order chi connectivity index (χ0) is 48.4. The molecule has 1 aromatic heterocycles. The fourth-order valence-electron chi connectivity index (χ4n) is 13.1. The summed E-state index contributed by atoms with van der Waals surface area (Å²) >= 11 is 0. The number of hydrogen-bond donors (Lipinski definition) is 3. The molecule has 10 heteroatoms. The maximum absolute atomic E-state index is 14.2. The number of ketones is 1. The molecule has 4 saturated carbocycles. The predicted octanol–water partition coefficient (Wildman–Crippen LogP) is 11.5. The number of aryl methyl sites for hydroxylation is 1. The fraction of sp³-hybridized carbons (Fsp3) is 0.691. The van der Waals surface area contributed by atoms with E-state index in [4.69, 9.17) is 30.9 Å². The van der Waals surface area contributed by atoms with Crippen LogP contribution in [0.1, 0.15) is 159 Å². The third-order valence-electron chi connectivity index (χ3n) is 15.9. The van der Waals surface area contributed by atoms with Gasteiger partial charge in [0.15, 0.2) is 11.6 Å². The lowest BCUT2D eigenvalue weighted by atomic mass is 9.38. The van der Waals surface area contributed by atoms with Gasteiger partial charge in [0, 0.05) is 55.9 Å². The number of Topliss-reactive ketones (excluding diaryl/α,β-unsaturated/α-hetero) is 1. The van der Waals surface area contributed by atoms with Gasteiger partial charge in [0.25, 0.3) is 0 Å². The number of aliphatic hydroxyl groups excluding tert-OH is 2. The normalized spacial score (nSPS) is 29.6. The van der Waals surface area contributed by atoms with E-state index in [0.717, 1.165) is 81.1 Å². The number of aliphatic hydroxyl groups is 2. The lowest BCUT2D eigenvalue weighted by Gasteiger charge is -2.67. The van der Waals surface area contributed by atoms with Crippen LogP contribution >= 0.6 is 0 Å². The van der Waals surface area contributed by atoms with Gasteiger partial charge in [-0.15, -0.1) is 23.0 Å². The summed E-state index contributed by atoms with van der Waals surface area (Å²) in [5.74, 6) is 4.70. The molecule has 5 aliphatic rings. The number of rotatable bonds is 11. The number of esters is 1. The first-order chi connectivity index (χ1) is 30.3. The molecule has 10 nitrogen and oxygen atoms in total. The highest BCUT2D eigenvalue weighted by molar-refractivity contribution is 6.00. The van der Waals surface area contributed by atoms with E-state index >= 15 is 0 Å². The number of terminal acetylenes is 1. The van der Waals surface area contributed by atoms with E-state index in [2.05, 4.69) is 89.8 Å². The number of nitrogens with two attached hydrogens (primary N) is 1. The Hall–Kier alpha value is -4.07. The van der Waals surface area contributed by atoms with Crippen molar-refractivity contribution in [2.45, 2.75) is 173 Å². The van der Waals surface area contributed by atoms with E-state index in [1.165, 1.54) is 24.0 Å². The van der Waals surface area contributed by atoms with Crippen LogP contribution in [0.4, 0.5) is 0 Å². The maximum Gasteiger partial charge on any atom is 0.307 e. The molecule has 2 aromatic rings. The van der Waals surface area contributed by atoms with Crippen molar-refractivity contribution in [1.82, 2.24) is 14.8 Å². The van der Waals surface area contributed by atoms with E-state index in [9.17, 15) is 14.4 Å². The van der Waals surface area contributed by atoms with Crippen molar-refractivity contribution < 1.29 is 29.3 Å². The number of nitrogens with zero attached hydrogens (tertiary/aromatic N) is 3. The van der Waals surface area contributed by atoms with E-state index in [-0.39, 0.29) is 59.8 Å². The van der Waals surface area contributed by atoms with Crippen LogP contribution < -0.4 is 5.73 Å². The van der Waals surface area contributed by atoms with Crippen molar-refractivity contribution >= 4 is 18.0 Å². The van der Waals surface area contributed by atoms with E-state index in [1.807, 2.05) is 20.8 Å². The minimum absolute atomic E-state index is 0. The predicted molar refractivity (Wildman–Crippen MR) is 266 cm³/mol. The van der Waals surface area contributed by atoms with Gasteiger partial charge in [-0.05, 0) is 110 Å². The first kappa shape index (κ1) is 57.1. The number of ether oxygens (including phenoxy) is 1.